The number of aryl methyl sites for hydroxylation is 1. The maximum atomic E-state index is 9.54. The average Bonchev–Trinajstić information content (AvgIpc) is 3.12. The van der Waals surface area contributed by atoms with Gasteiger partial charge in [-0.1, -0.05) is 42.5 Å². The highest BCUT2D eigenvalue weighted by molar-refractivity contribution is 5.37. The molecule has 1 unspecified atom stereocenters. The fraction of sp³-hybridized carbons (Fsp3) is 0.520. The summed E-state index contributed by atoms with van der Waals surface area (Å²) in [4.78, 5) is 0. The summed E-state index contributed by atoms with van der Waals surface area (Å²) >= 11 is 0. The molecule has 2 aliphatic rings. The normalized spacial score (nSPS) is 27.0. The number of aliphatic hydroxyl groups excluding tert-OH is 1. The summed E-state index contributed by atoms with van der Waals surface area (Å²) in [5.41, 5.74) is 13.1. The summed E-state index contributed by atoms with van der Waals surface area (Å²) in [5, 5.41) is 9.54. The second-order valence-electron chi connectivity index (χ2n) is 9.05. The van der Waals surface area contributed by atoms with E-state index < -0.39 is 0 Å². The molecule has 4 rings (SSSR count). The van der Waals surface area contributed by atoms with Crippen LogP contribution in [0.15, 0.2) is 42.5 Å². The van der Waals surface area contributed by atoms with Crippen molar-refractivity contribution in [3.8, 4) is 0 Å². The Bertz CT molecular complexity index is 801. The summed E-state index contributed by atoms with van der Waals surface area (Å²) in [7, 11) is 1.74. The van der Waals surface area contributed by atoms with Crippen molar-refractivity contribution >= 4 is 0 Å². The second kappa shape index (κ2) is 8.36. The van der Waals surface area contributed by atoms with Gasteiger partial charge in [-0.05, 0) is 84.6 Å². The van der Waals surface area contributed by atoms with Gasteiger partial charge in [0.25, 0.3) is 0 Å². The Hall–Kier alpha value is -1.68. The summed E-state index contributed by atoms with van der Waals surface area (Å²) in [6.07, 6.45) is 7.70. The number of benzene rings is 2. The van der Waals surface area contributed by atoms with E-state index >= 15 is 0 Å². The van der Waals surface area contributed by atoms with E-state index in [0.29, 0.717) is 12.5 Å². The van der Waals surface area contributed by atoms with E-state index in [4.69, 9.17) is 10.5 Å². The van der Waals surface area contributed by atoms with Crippen molar-refractivity contribution in [2.75, 3.05) is 13.7 Å². The fourth-order valence-electron chi connectivity index (χ4n) is 5.13. The molecule has 3 heteroatoms. The van der Waals surface area contributed by atoms with Gasteiger partial charge >= 0.3 is 0 Å². The van der Waals surface area contributed by atoms with Gasteiger partial charge in [0.15, 0.2) is 0 Å². The Kier molecular flexibility index (Phi) is 5.86. The van der Waals surface area contributed by atoms with Crippen molar-refractivity contribution < 1.29 is 9.84 Å². The van der Waals surface area contributed by atoms with Crippen LogP contribution in [0.2, 0.25) is 0 Å². The molecule has 3 nitrogen and oxygen atoms in total. The maximum Gasteiger partial charge on any atom is 0.0713 e. The average molecular weight is 380 g/mol. The Labute approximate surface area is 168 Å². The van der Waals surface area contributed by atoms with E-state index in [2.05, 4.69) is 42.5 Å². The molecule has 0 aliphatic heterocycles. The maximum absolute atomic E-state index is 9.54. The third kappa shape index (κ3) is 4.32. The van der Waals surface area contributed by atoms with Gasteiger partial charge in [-0.15, -0.1) is 0 Å². The van der Waals surface area contributed by atoms with Gasteiger partial charge in [0, 0.05) is 12.6 Å². The molecular formula is C25H33NO2. The molecule has 0 radical (unpaired) electrons. The minimum absolute atomic E-state index is 0.0998. The van der Waals surface area contributed by atoms with Crippen molar-refractivity contribution in [3.63, 3.8) is 0 Å². The van der Waals surface area contributed by atoms with Crippen molar-refractivity contribution in [2.45, 2.75) is 63.0 Å². The first-order valence-corrected chi connectivity index (χ1v) is 10.7. The molecule has 150 valence electrons. The topological polar surface area (TPSA) is 55.5 Å². The first-order chi connectivity index (χ1) is 13.6. The first-order valence-electron chi connectivity index (χ1n) is 10.7. The summed E-state index contributed by atoms with van der Waals surface area (Å²) in [5.74, 6) is 1.23. The summed E-state index contributed by atoms with van der Waals surface area (Å²) in [6.45, 7) is 0.784. The van der Waals surface area contributed by atoms with Crippen LogP contribution in [-0.2, 0) is 30.6 Å². The quantitative estimate of drug-likeness (QED) is 0.793. The van der Waals surface area contributed by atoms with Crippen LogP contribution in [0.3, 0.4) is 0 Å². The zero-order valence-electron chi connectivity index (χ0n) is 17.0. The van der Waals surface area contributed by atoms with Crippen molar-refractivity contribution in [3.05, 3.63) is 70.3 Å². The molecule has 0 saturated heterocycles. The lowest BCUT2D eigenvalue weighted by molar-refractivity contribution is 0.185. The fourth-order valence-corrected chi connectivity index (χ4v) is 5.13. The van der Waals surface area contributed by atoms with E-state index in [1.54, 1.807) is 7.11 Å². The molecule has 0 aromatic heterocycles. The van der Waals surface area contributed by atoms with Gasteiger partial charge in [0.2, 0.25) is 0 Å². The number of fused-ring (bicyclic) bond motifs is 1. The molecule has 1 fully saturated rings. The number of ether oxygens (including phenoxy) is 1. The van der Waals surface area contributed by atoms with Crippen LogP contribution in [0.1, 0.15) is 59.4 Å². The Morgan fingerprint density at radius 3 is 2.57 bits per heavy atom. The van der Waals surface area contributed by atoms with E-state index in [-0.39, 0.29) is 12.1 Å². The standard InChI is InChI=1S/C25H33NO2/c1-28-16-19-4-2-18(3-5-19)12-20-6-7-22-14-23(9-8-21(22)13-20)24-10-11-25(26,15-24)17-27/h2-5,8-9,14,20,24,27H,6-7,10-13,15-17,26H2,1H3/t20?,24-,25+/m0/s1. The first kappa shape index (κ1) is 19.6. The highest BCUT2D eigenvalue weighted by Gasteiger charge is 2.36. The molecule has 0 amide bonds. The molecule has 3 N–H and O–H groups in total. The molecular weight excluding hydrogens is 346 g/mol. The van der Waals surface area contributed by atoms with E-state index in [0.717, 1.165) is 31.6 Å². The second-order valence-corrected chi connectivity index (χ2v) is 9.05. The molecule has 2 aromatic carbocycles. The molecule has 28 heavy (non-hydrogen) atoms. The number of hydrogen-bond donors (Lipinski definition) is 2. The van der Waals surface area contributed by atoms with Gasteiger partial charge < -0.3 is 15.6 Å². The van der Waals surface area contributed by atoms with Gasteiger partial charge in [-0.25, -0.2) is 0 Å². The van der Waals surface area contributed by atoms with E-state index in [1.807, 2.05) is 0 Å². The molecule has 0 spiro atoms. The number of rotatable bonds is 6. The van der Waals surface area contributed by atoms with Crippen LogP contribution in [0.4, 0.5) is 0 Å². The summed E-state index contributed by atoms with van der Waals surface area (Å²) < 4.78 is 5.20. The Morgan fingerprint density at radius 1 is 1.07 bits per heavy atom. The van der Waals surface area contributed by atoms with Gasteiger partial charge in [0.1, 0.15) is 0 Å². The lowest BCUT2D eigenvalue weighted by Crippen LogP contribution is -2.40. The zero-order valence-corrected chi connectivity index (χ0v) is 17.0. The minimum atomic E-state index is -0.371. The highest BCUT2D eigenvalue weighted by Crippen LogP contribution is 2.40. The van der Waals surface area contributed by atoms with E-state index in [1.165, 1.54) is 47.1 Å². The smallest absolute Gasteiger partial charge is 0.0713 e. The summed E-state index contributed by atoms with van der Waals surface area (Å²) in [6, 6.07) is 16.0. The largest absolute Gasteiger partial charge is 0.394 e. The van der Waals surface area contributed by atoms with Crippen LogP contribution < -0.4 is 5.73 Å². The Morgan fingerprint density at radius 2 is 1.86 bits per heavy atom. The minimum Gasteiger partial charge on any atom is -0.394 e. The van der Waals surface area contributed by atoms with Crippen LogP contribution in [0, 0.1) is 5.92 Å². The molecule has 2 aliphatic carbocycles. The lowest BCUT2D eigenvalue weighted by atomic mass is 9.79. The van der Waals surface area contributed by atoms with Crippen LogP contribution in [0.5, 0.6) is 0 Å². The predicted octanol–water partition coefficient (Wildman–Crippen LogP) is 4.14. The molecule has 3 atom stereocenters. The molecule has 0 bridgehead atoms. The number of hydrogen-bond acceptors (Lipinski definition) is 3. The van der Waals surface area contributed by atoms with Gasteiger partial charge in [0.05, 0.1) is 13.2 Å². The Balaban J connectivity index is 1.39. The van der Waals surface area contributed by atoms with Gasteiger partial charge in [-0.3, -0.25) is 0 Å². The van der Waals surface area contributed by atoms with E-state index in [9.17, 15) is 5.11 Å². The zero-order chi connectivity index (χ0) is 19.6. The SMILES string of the molecule is COCc1ccc(CC2CCc3cc([C@H]4CC[C@](N)(CO)C4)ccc3C2)cc1. The molecule has 2 aromatic rings. The lowest BCUT2D eigenvalue weighted by Gasteiger charge is -2.26. The monoisotopic (exact) mass is 379 g/mol. The van der Waals surface area contributed by atoms with Crippen molar-refractivity contribution in [2.24, 2.45) is 11.7 Å². The van der Waals surface area contributed by atoms with Crippen LogP contribution in [0.25, 0.3) is 0 Å². The van der Waals surface area contributed by atoms with Crippen LogP contribution in [-0.4, -0.2) is 24.4 Å². The number of nitrogens with two attached hydrogens (primary N) is 1. The highest BCUT2D eigenvalue weighted by atomic mass is 16.5. The third-order valence-corrected chi connectivity index (χ3v) is 6.85. The van der Waals surface area contributed by atoms with Crippen molar-refractivity contribution in [1.82, 2.24) is 0 Å². The van der Waals surface area contributed by atoms with Crippen molar-refractivity contribution in [1.29, 1.82) is 0 Å². The number of aliphatic hydroxyl groups is 1. The predicted molar refractivity (Wildman–Crippen MR) is 113 cm³/mol. The van der Waals surface area contributed by atoms with Gasteiger partial charge in [-0.2, -0.15) is 0 Å². The van der Waals surface area contributed by atoms with Crippen LogP contribution >= 0.6 is 0 Å². The molecule has 1 saturated carbocycles. The third-order valence-electron chi connectivity index (χ3n) is 6.85. The number of methoxy groups -OCH3 is 1. The molecule has 0 heterocycles.